The molecule has 63 heavy (non-hydrogen) atoms. The van der Waals surface area contributed by atoms with Crippen LogP contribution in [0.5, 0.6) is 0 Å². The number of allylic oxidation sites excluding steroid dienone is 5. The van der Waals surface area contributed by atoms with Crippen molar-refractivity contribution in [3.8, 4) is 0 Å². The van der Waals surface area contributed by atoms with E-state index in [1.54, 1.807) is 6.08 Å². The Kier molecular flexibility index (Phi) is 51.1. The van der Waals surface area contributed by atoms with E-state index >= 15 is 0 Å². The number of aliphatic hydroxyl groups is 2. The number of rotatable bonds is 51. The summed E-state index contributed by atoms with van der Waals surface area (Å²) >= 11 is 0. The van der Waals surface area contributed by atoms with Crippen LogP contribution in [0.25, 0.3) is 0 Å². The first-order chi connectivity index (χ1) is 31.0. The maximum absolute atomic E-state index is 12.4. The Morgan fingerprint density at radius 3 is 1.24 bits per heavy atom. The molecule has 6 heteroatoms. The van der Waals surface area contributed by atoms with Crippen LogP contribution in [-0.2, 0) is 14.3 Å². The summed E-state index contributed by atoms with van der Waals surface area (Å²) in [6, 6.07) is -0.634. The van der Waals surface area contributed by atoms with Gasteiger partial charge in [-0.3, -0.25) is 9.59 Å². The number of unbranched alkanes of at least 4 members (excludes halogenated alkanes) is 36. The highest BCUT2D eigenvalue weighted by atomic mass is 16.5. The highest BCUT2D eigenvalue weighted by Gasteiger charge is 2.18. The van der Waals surface area contributed by atoms with Crippen molar-refractivity contribution in [3.05, 3.63) is 36.5 Å². The van der Waals surface area contributed by atoms with Crippen molar-refractivity contribution in [2.45, 2.75) is 302 Å². The Morgan fingerprint density at radius 2 is 0.794 bits per heavy atom. The third-order valence-corrected chi connectivity index (χ3v) is 12.7. The lowest BCUT2D eigenvalue weighted by Gasteiger charge is -2.20. The molecule has 0 rings (SSSR count). The van der Waals surface area contributed by atoms with Crippen molar-refractivity contribution >= 4 is 11.9 Å². The predicted molar refractivity (Wildman–Crippen MR) is 273 cm³/mol. The Labute approximate surface area is 392 Å². The molecular weight excluding hydrogens is 779 g/mol. The topological polar surface area (TPSA) is 95.9 Å². The summed E-state index contributed by atoms with van der Waals surface area (Å²) in [5.41, 5.74) is 0. The lowest BCUT2D eigenvalue weighted by molar-refractivity contribution is -0.143. The average Bonchev–Trinajstić information content (AvgIpc) is 3.28. The highest BCUT2D eigenvalue weighted by molar-refractivity contribution is 5.76. The molecule has 6 nitrogen and oxygen atoms in total. The van der Waals surface area contributed by atoms with Crippen molar-refractivity contribution in [2.75, 3.05) is 13.2 Å². The van der Waals surface area contributed by atoms with Gasteiger partial charge in [-0.2, -0.15) is 0 Å². The second-order valence-electron chi connectivity index (χ2n) is 18.9. The maximum atomic E-state index is 12.4. The summed E-state index contributed by atoms with van der Waals surface area (Å²) in [4.78, 5) is 24.5. The Bertz CT molecular complexity index is 1020. The fourth-order valence-electron chi connectivity index (χ4n) is 8.37. The second-order valence-corrected chi connectivity index (χ2v) is 18.9. The van der Waals surface area contributed by atoms with Crippen LogP contribution in [0, 0.1) is 0 Å². The minimum absolute atomic E-state index is 0.00851. The Morgan fingerprint density at radius 1 is 0.444 bits per heavy atom. The number of hydrogen-bond acceptors (Lipinski definition) is 5. The SMILES string of the molecule is CCCCC/C=C\C/C=C\CCCCCCCCCC(=O)OCCCCCCCCCCCCCCCCCC(=O)NC(CO)C(O)/C=C/CCCCCCCCCCCCCC. The summed E-state index contributed by atoms with van der Waals surface area (Å²) in [5.74, 6) is -0.0853. The summed E-state index contributed by atoms with van der Waals surface area (Å²) in [5, 5.41) is 23.1. The number of carbonyl (C=O) groups excluding carboxylic acids is 2. The van der Waals surface area contributed by atoms with E-state index in [1.165, 1.54) is 199 Å². The van der Waals surface area contributed by atoms with Crippen LogP contribution in [0.2, 0.25) is 0 Å². The Hall–Kier alpha value is -1.92. The zero-order valence-electron chi connectivity index (χ0n) is 42.1. The van der Waals surface area contributed by atoms with E-state index < -0.39 is 12.1 Å². The minimum Gasteiger partial charge on any atom is -0.466 e. The maximum Gasteiger partial charge on any atom is 0.305 e. The molecule has 0 aromatic heterocycles. The van der Waals surface area contributed by atoms with Gasteiger partial charge in [0.25, 0.3) is 0 Å². The average molecular weight is 886 g/mol. The zero-order valence-corrected chi connectivity index (χ0v) is 42.1. The van der Waals surface area contributed by atoms with Gasteiger partial charge in [0.05, 0.1) is 25.4 Å². The van der Waals surface area contributed by atoms with E-state index in [2.05, 4.69) is 43.5 Å². The first-order valence-corrected chi connectivity index (χ1v) is 27.8. The molecule has 2 atom stereocenters. The third-order valence-electron chi connectivity index (χ3n) is 12.7. The molecule has 0 aromatic rings. The quantitative estimate of drug-likeness (QED) is 0.0321. The van der Waals surface area contributed by atoms with Gasteiger partial charge in [-0.25, -0.2) is 0 Å². The van der Waals surface area contributed by atoms with Crippen molar-refractivity contribution < 1.29 is 24.5 Å². The summed E-state index contributed by atoms with van der Waals surface area (Å²) in [6.45, 7) is 4.86. The number of aliphatic hydroxyl groups excluding tert-OH is 2. The van der Waals surface area contributed by atoms with Crippen molar-refractivity contribution in [2.24, 2.45) is 0 Å². The molecule has 0 bridgehead atoms. The fourth-order valence-corrected chi connectivity index (χ4v) is 8.37. The van der Waals surface area contributed by atoms with Crippen LogP contribution in [0.4, 0.5) is 0 Å². The van der Waals surface area contributed by atoms with Crippen molar-refractivity contribution in [3.63, 3.8) is 0 Å². The largest absolute Gasteiger partial charge is 0.466 e. The van der Waals surface area contributed by atoms with Gasteiger partial charge < -0.3 is 20.3 Å². The molecule has 0 aromatic carbocycles. The fraction of sp³-hybridized carbons (Fsp3) is 0.860. The van der Waals surface area contributed by atoms with Gasteiger partial charge in [0.15, 0.2) is 0 Å². The molecule has 0 spiro atoms. The van der Waals surface area contributed by atoms with Gasteiger partial charge >= 0.3 is 5.97 Å². The van der Waals surface area contributed by atoms with Gasteiger partial charge in [-0.15, -0.1) is 0 Å². The van der Waals surface area contributed by atoms with Gasteiger partial charge in [-0.1, -0.05) is 249 Å². The second kappa shape index (κ2) is 52.7. The number of ether oxygens (including phenoxy) is 1. The zero-order chi connectivity index (χ0) is 45.8. The van der Waals surface area contributed by atoms with Crippen LogP contribution >= 0.6 is 0 Å². The van der Waals surface area contributed by atoms with Crippen LogP contribution < -0.4 is 5.32 Å². The monoisotopic (exact) mass is 886 g/mol. The number of nitrogens with one attached hydrogen (secondary N) is 1. The number of hydrogen-bond donors (Lipinski definition) is 3. The standard InChI is InChI=1S/C57H107NO5/c1-3-5-7-9-11-13-15-17-19-20-23-27-31-35-39-43-47-51-57(62)63-52-48-44-40-36-32-28-24-21-22-26-30-34-38-42-46-50-56(61)58-54(53-59)55(60)49-45-41-37-33-29-25-18-16-14-12-10-8-6-4-2/h11,13,17,19,45,49,54-55,59-60H,3-10,12,14-16,18,20-44,46-48,50-53H2,1-2H3,(H,58,61)/b13-11-,19-17-,49-45+. The van der Waals surface area contributed by atoms with Crippen LogP contribution in [0.15, 0.2) is 36.5 Å². The van der Waals surface area contributed by atoms with Crippen LogP contribution in [0.3, 0.4) is 0 Å². The van der Waals surface area contributed by atoms with Crippen LogP contribution in [-0.4, -0.2) is 47.4 Å². The molecule has 370 valence electrons. The van der Waals surface area contributed by atoms with Crippen molar-refractivity contribution in [1.82, 2.24) is 5.32 Å². The van der Waals surface area contributed by atoms with Gasteiger partial charge in [0.2, 0.25) is 5.91 Å². The summed E-state index contributed by atoms with van der Waals surface area (Å²) < 4.78 is 5.47. The number of esters is 1. The first-order valence-electron chi connectivity index (χ1n) is 27.8. The van der Waals surface area contributed by atoms with Gasteiger partial charge in [0.1, 0.15) is 0 Å². The molecule has 2 unspecified atom stereocenters. The Balaban J connectivity index is 3.46. The third kappa shape index (κ3) is 49.4. The van der Waals surface area contributed by atoms with Crippen molar-refractivity contribution in [1.29, 1.82) is 0 Å². The molecule has 0 aliphatic carbocycles. The molecule has 0 saturated heterocycles. The molecule has 0 heterocycles. The number of amides is 1. The molecule has 1 amide bonds. The molecule has 0 fully saturated rings. The predicted octanol–water partition coefficient (Wildman–Crippen LogP) is 16.9. The first kappa shape index (κ1) is 61.1. The van der Waals surface area contributed by atoms with E-state index in [0.717, 1.165) is 64.2 Å². The lowest BCUT2D eigenvalue weighted by Crippen LogP contribution is -2.45. The lowest BCUT2D eigenvalue weighted by atomic mass is 10.0. The van der Waals surface area contributed by atoms with E-state index in [1.807, 2.05) is 6.08 Å². The summed E-state index contributed by atoms with van der Waals surface area (Å²) in [6.07, 6.45) is 64.3. The minimum atomic E-state index is -0.850. The van der Waals surface area contributed by atoms with Gasteiger partial charge in [0, 0.05) is 12.8 Å². The summed E-state index contributed by atoms with van der Waals surface area (Å²) in [7, 11) is 0. The normalized spacial score (nSPS) is 12.9. The molecule has 3 N–H and O–H groups in total. The smallest absolute Gasteiger partial charge is 0.305 e. The van der Waals surface area contributed by atoms with E-state index in [0.29, 0.717) is 19.4 Å². The van der Waals surface area contributed by atoms with Crippen LogP contribution in [0.1, 0.15) is 290 Å². The van der Waals surface area contributed by atoms with E-state index in [-0.39, 0.29) is 18.5 Å². The highest BCUT2D eigenvalue weighted by Crippen LogP contribution is 2.16. The molecular formula is C57H107NO5. The molecule has 0 aliphatic heterocycles. The molecule has 0 aliphatic rings. The number of carbonyl (C=O) groups is 2. The van der Waals surface area contributed by atoms with Gasteiger partial charge in [-0.05, 0) is 64.2 Å². The van der Waals surface area contributed by atoms with E-state index in [9.17, 15) is 19.8 Å². The molecule has 0 saturated carbocycles. The van der Waals surface area contributed by atoms with E-state index in [4.69, 9.17) is 4.74 Å². The molecule has 0 radical (unpaired) electrons.